The molecule has 2 aromatic heterocycles. The third-order valence-electron chi connectivity index (χ3n) is 4.18. The number of thiazole rings is 1. The SMILES string of the molecule is CCOC(=O)c1csc(N2N=C(c3ccc[nH]3)CC2c2ccccc2)n1. The third kappa shape index (κ3) is 3.13. The van der Waals surface area contributed by atoms with E-state index in [2.05, 4.69) is 22.1 Å². The maximum Gasteiger partial charge on any atom is 0.357 e. The van der Waals surface area contributed by atoms with Crippen molar-refractivity contribution in [2.24, 2.45) is 5.10 Å². The number of hydrazone groups is 1. The predicted octanol–water partition coefficient (Wildman–Crippen LogP) is 4.00. The topological polar surface area (TPSA) is 70.6 Å². The monoisotopic (exact) mass is 366 g/mol. The van der Waals surface area contributed by atoms with Crippen LogP contribution < -0.4 is 5.01 Å². The lowest BCUT2D eigenvalue weighted by Crippen LogP contribution is -2.18. The van der Waals surface area contributed by atoms with Gasteiger partial charge in [-0.3, -0.25) is 0 Å². The number of anilines is 1. The molecule has 1 aromatic carbocycles. The number of aromatic amines is 1. The number of ether oxygens (including phenoxy) is 1. The Labute approximate surface area is 155 Å². The number of hydrogen-bond acceptors (Lipinski definition) is 6. The van der Waals surface area contributed by atoms with Crippen LogP contribution in [0.1, 0.15) is 41.1 Å². The fraction of sp³-hybridized carbons (Fsp3) is 0.211. The maximum atomic E-state index is 11.9. The second kappa shape index (κ2) is 7.13. The Morgan fingerprint density at radius 2 is 2.15 bits per heavy atom. The molecule has 4 rings (SSSR count). The molecule has 132 valence electrons. The van der Waals surface area contributed by atoms with E-state index in [1.807, 2.05) is 41.5 Å². The lowest BCUT2D eigenvalue weighted by atomic mass is 10.0. The number of H-pyrrole nitrogens is 1. The first-order valence-corrected chi connectivity index (χ1v) is 9.32. The Hall–Kier alpha value is -2.93. The smallest absolute Gasteiger partial charge is 0.357 e. The van der Waals surface area contributed by atoms with Crippen LogP contribution in [0.3, 0.4) is 0 Å². The summed E-state index contributed by atoms with van der Waals surface area (Å²) in [5, 5.41) is 9.10. The molecule has 0 fully saturated rings. The Balaban J connectivity index is 1.69. The molecule has 3 aromatic rings. The molecule has 0 bridgehead atoms. The molecule has 0 saturated carbocycles. The largest absolute Gasteiger partial charge is 0.461 e. The number of aromatic nitrogens is 2. The van der Waals surface area contributed by atoms with Gasteiger partial charge in [-0.15, -0.1) is 11.3 Å². The van der Waals surface area contributed by atoms with Crippen LogP contribution in [0.2, 0.25) is 0 Å². The summed E-state index contributed by atoms with van der Waals surface area (Å²) in [7, 11) is 0. The first-order chi connectivity index (χ1) is 12.8. The minimum absolute atomic E-state index is 0.0377. The van der Waals surface area contributed by atoms with Crippen molar-refractivity contribution < 1.29 is 9.53 Å². The van der Waals surface area contributed by atoms with Gasteiger partial charge in [-0.05, 0) is 24.6 Å². The Bertz CT molecular complexity index is 918. The highest BCUT2D eigenvalue weighted by atomic mass is 32.1. The first-order valence-electron chi connectivity index (χ1n) is 8.44. The Kier molecular flexibility index (Phi) is 4.53. The lowest BCUT2D eigenvalue weighted by molar-refractivity contribution is 0.0520. The highest BCUT2D eigenvalue weighted by Gasteiger charge is 2.32. The summed E-state index contributed by atoms with van der Waals surface area (Å²) >= 11 is 1.40. The maximum absolute atomic E-state index is 11.9. The normalized spacial score (nSPS) is 16.6. The zero-order valence-corrected chi connectivity index (χ0v) is 15.1. The van der Waals surface area contributed by atoms with E-state index >= 15 is 0 Å². The van der Waals surface area contributed by atoms with Gasteiger partial charge in [0.05, 0.1) is 24.1 Å². The summed E-state index contributed by atoms with van der Waals surface area (Å²) in [6, 6.07) is 14.2. The molecule has 1 atom stereocenters. The second-order valence-electron chi connectivity index (χ2n) is 5.84. The number of esters is 1. The van der Waals surface area contributed by atoms with Crippen LogP contribution in [0.15, 0.2) is 59.1 Å². The third-order valence-corrected chi connectivity index (χ3v) is 5.01. The van der Waals surface area contributed by atoms with E-state index in [1.165, 1.54) is 11.3 Å². The van der Waals surface area contributed by atoms with Gasteiger partial charge in [0.15, 0.2) is 5.69 Å². The fourth-order valence-electron chi connectivity index (χ4n) is 2.96. The van der Waals surface area contributed by atoms with Crippen LogP contribution in [-0.2, 0) is 4.74 Å². The average Bonchev–Trinajstić information content (AvgIpc) is 3.41. The van der Waals surface area contributed by atoms with Crippen molar-refractivity contribution in [1.29, 1.82) is 0 Å². The minimum atomic E-state index is -0.404. The van der Waals surface area contributed by atoms with Gasteiger partial charge in [-0.25, -0.2) is 14.8 Å². The van der Waals surface area contributed by atoms with Crippen LogP contribution >= 0.6 is 11.3 Å². The van der Waals surface area contributed by atoms with Gasteiger partial charge in [0.25, 0.3) is 0 Å². The second-order valence-corrected chi connectivity index (χ2v) is 6.68. The summed E-state index contributed by atoms with van der Waals surface area (Å²) in [4.78, 5) is 19.6. The summed E-state index contributed by atoms with van der Waals surface area (Å²) in [6.45, 7) is 2.11. The van der Waals surface area contributed by atoms with E-state index in [0.29, 0.717) is 17.4 Å². The fourth-order valence-corrected chi connectivity index (χ4v) is 3.76. The van der Waals surface area contributed by atoms with Gasteiger partial charge in [0.1, 0.15) is 0 Å². The average molecular weight is 366 g/mol. The zero-order valence-electron chi connectivity index (χ0n) is 14.3. The quantitative estimate of drug-likeness (QED) is 0.693. The summed E-state index contributed by atoms with van der Waals surface area (Å²) < 4.78 is 5.04. The molecule has 1 aliphatic heterocycles. The van der Waals surface area contributed by atoms with Crippen LogP contribution in [0.25, 0.3) is 0 Å². The summed E-state index contributed by atoms with van der Waals surface area (Å²) in [6.07, 6.45) is 2.65. The van der Waals surface area contributed by atoms with Crippen molar-refractivity contribution in [3.63, 3.8) is 0 Å². The molecular weight excluding hydrogens is 348 g/mol. The van der Waals surface area contributed by atoms with E-state index in [9.17, 15) is 4.79 Å². The molecule has 3 heterocycles. The van der Waals surface area contributed by atoms with E-state index in [-0.39, 0.29) is 6.04 Å². The molecule has 0 spiro atoms. The van der Waals surface area contributed by atoms with Gasteiger partial charge < -0.3 is 9.72 Å². The van der Waals surface area contributed by atoms with E-state index in [1.54, 1.807) is 12.3 Å². The lowest BCUT2D eigenvalue weighted by Gasteiger charge is -2.21. The van der Waals surface area contributed by atoms with Crippen molar-refractivity contribution in [1.82, 2.24) is 9.97 Å². The van der Waals surface area contributed by atoms with Gasteiger partial charge in [0.2, 0.25) is 5.13 Å². The van der Waals surface area contributed by atoms with Crippen molar-refractivity contribution >= 4 is 28.1 Å². The van der Waals surface area contributed by atoms with Gasteiger partial charge >= 0.3 is 5.97 Å². The molecule has 26 heavy (non-hydrogen) atoms. The number of carbonyl (C=O) groups is 1. The zero-order chi connectivity index (χ0) is 17.9. The molecule has 1 unspecified atom stereocenters. The van der Waals surface area contributed by atoms with Crippen LogP contribution in [-0.4, -0.2) is 28.3 Å². The molecule has 0 saturated heterocycles. The molecule has 0 aliphatic carbocycles. The van der Waals surface area contributed by atoms with E-state index in [0.717, 1.165) is 23.4 Å². The number of carbonyl (C=O) groups excluding carboxylic acids is 1. The van der Waals surface area contributed by atoms with Gasteiger partial charge in [-0.1, -0.05) is 30.3 Å². The summed E-state index contributed by atoms with van der Waals surface area (Å²) in [5.74, 6) is -0.404. The number of nitrogens with zero attached hydrogens (tertiary/aromatic N) is 3. The standard InChI is InChI=1S/C19H18N4O2S/c1-2-25-18(24)16-12-26-19(21-16)23-17(13-7-4-3-5-8-13)11-15(22-23)14-9-6-10-20-14/h3-10,12,17,20H,2,11H2,1H3. The van der Waals surface area contributed by atoms with Crippen LogP contribution in [0, 0.1) is 0 Å². The molecular formula is C19H18N4O2S. The Morgan fingerprint density at radius 3 is 2.88 bits per heavy atom. The van der Waals surface area contributed by atoms with Crippen LogP contribution in [0.4, 0.5) is 5.13 Å². The molecule has 6 nitrogen and oxygen atoms in total. The molecule has 1 aliphatic rings. The Morgan fingerprint density at radius 1 is 1.31 bits per heavy atom. The number of benzene rings is 1. The molecule has 7 heteroatoms. The van der Waals surface area contributed by atoms with Gasteiger partial charge in [-0.2, -0.15) is 5.10 Å². The molecule has 0 amide bonds. The predicted molar refractivity (Wildman–Crippen MR) is 102 cm³/mol. The highest BCUT2D eigenvalue weighted by Crippen LogP contribution is 2.37. The number of rotatable bonds is 5. The van der Waals surface area contributed by atoms with Crippen molar-refractivity contribution in [3.05, 3.63) is 71.0 Å². The van der Waals surface area contributed by atoms with Gasteiger partial charge in [0, 0.05) is 18.0 Å². The summed E-state index contributed by atoms with van der Waals surface area (Å²) in [5.41, 5.74) is 3.44. The number of nitrogens with one attached hydrogen (secondary N) is 1. The van der Waals surface area contributed by atoms with E-state index < -0.39 is 5.97 Å². The minimum Gasteiger partial charge on any atom is -0.461 e. The van der Waals surface area contributed by atoms with Crippen molar-refractivity contribution in [2.45, 2.75) is 19.4 Å². The molecule has 0 radical (unpaired) electrons. The van der Waals surface area contributed by atoms with Crippen molar-refractivity contribution in [2.75, 3.05) is 11.6 Å². The van der Waals surface area contributed by atoms with Crippen LogP contribution in [0.5, 0.6) is 0 Å². The number of hydrogen-bond donors (Lipinski definition) is 1. The highest BCUT2D eigenvalue weighted by molar-refractivity contribution is 7.13. The van der Waals surface area contributed by atoms with E-state index in [4.69, 9.17) is 9.84 Å². The molecule has 1 N–H and O–H groups in total. The first kappa shape index (κ1) is 16.5. The van der Waals surface area contributed by atoms with Crippen molar-refractivity contribution in [3.8, 4) is 0 Å².